The number of hydrogen-bond acceptors (Lipinski definition) is 2. The molecule has 2 aromatic rings. The number of amides is 1. The summed E-state index contributed by atoms with van der Waals surface area (Å²) in [5.74, 6) is -1.03. The van der Waals surface area contributed by atoms with Gasteiger partial charge in [-0.3, -0.25) is 4.79 Å². The minimum Gasteiger partial charge on any atom is -0.366 e. The molecule has 0 aromatic heterocycles. The van der Waals surface area contributed by atoms with Crippen LogP contribution in [0.2, 0.25) is 0 Å². The van der Waals surface area contributed by atoms with Gasteiger partial charge in [-0.25, -0.2) is 13.8 Å². The van der Waals surface area contributed by atoms with Crippen LogP contribution in [-0.2, 0) is 13.1 Å². The van der Waals surface area contributed by atoms with E-state index in [9.17, 15) is 13.6 Å². The van der Waals surface area contributed by atoms with Gasteiger partial charge >= 0.3 is 0 Å². The van der Waals surface area contributed by atoms with Gasteiger partial charge in [-0.2, -0.15) is 0 Å². The van der Waals surface area contributed by atoms with Crippen molar-refractivity contribution in [2.45, 2.75) is 20.0 Å². The number of primary amides is 1. The van der Waals surface area contributed by atoms with Crippen LogP contribution in [0.3, 0.4) is 0 Å². The summed E-state index contributed by atoms with van der Waals surface area (Å²) >= 11 is 0. The molecule has 0 aliphatic heterocycles. The van der Waals surface area contributed by atoms with Crippen molar-refractivity contribution >= 4 is 35.8 Å². The second-order valence-electron chi connectivity index (χ2n) is 5.35. The number of benzene rings is 2. The largest absolute Gasteiger partial charge is 0.366 e. The van der Waals surface area contributed by atoms with E-state index in [0.29, 0.717) is 24.6 Å². The third kappa shape index (κ3) is 6.58. The average Bonchev–Trinajstić information content (AvgIpc) is 2.60. The number of guanidine groups is 1. The first-order chi connectivity index (χ1) is 12.0. The molecule has 2 aromatic carbocycles. The Morgan fingerprint density at radius 2 is 1.92 bits per heavy atom. The van der Waals surface area contributed by atoms with Crippen molar-refractivity contribution in [2.75, 3.05) is 6.54 Å². The Kier molecular flexibility index (Phi) is 8.97. The van der Waals surface area contributed by atoms with Gasteiger partial charge in [0.15, 0.2) is 5.96 Å². The van der Waals surface area contributed by atoms with Crippen LogP contribution in [0.15, 0.2) is 47.5 Å². The quantitative estimate of drug-likeness (QED) is 0.342. The number of hydrogen-bond donors (Lipinski definition) is 3. The van der Waals surface area contributed by atoms with Crippen molar-refractivity contribution in [1.82, 2.24) is 10.6 Å². The van der Waals surface area contributed by atoms with Crippen LogP contribution in [-0.4, -0.2) is 18.4 Å². The Balaban J connectivity index is 0.00000338. The summed E-state index contributed by atoms with van der Waals surface area (Å²) in [6, 6.07) is 10.2. The number of rotatable bonds is 6. The summed E-state index contributed by atoms with van der Waals surface area (Å²) in [6.45, 7) is 2.91. The lowest BCUT2D eigenvalue weighted by Crippen LogP contribution is -2.37. The van der Waals surface area contributed by atoms with Gasteiger partial charge in [-0.05, 0) is 42.8 Å². The Labute approximate surface area is 168 Å². The van der Waals surface area contributed by atoms with Gasteiger partial charge in [0.05, 0.1) is 6.54 Å². The fourth-order valence-electron chi connectivity index (χ4n) is 2.19. The molecular formula is C18H21F2IN4O. The van der Waals surface area contributed by atoms with Crippen molar-refractivity contribution in [3.63, 3.8) is 0 Å². The third-order valence-corrected chi connectivity index (χ3v) is 3.43. The molecule has 0 spiro atoms. The highest BCUT2D eigenvalue weighted by atomic mass is 127. The predicted molar refractivity (Wildman–Crippen MR) is 108 cm³/mol. The van der Waals surface area contributed by atoms with Crippen LogP contribution in [0.1, 0.15) is 28.4 Å². The van der Waals surface area contributed by atoms with Crippen LogP contribution in [0.25, 0.3) is 0 Å². The first-order valence-corrected chi connectivity index (χ1v) is 7.84. The topological polar surface area (TPSA) is 79.5 Å². The number of halogens is 3. The van der Waals surface area contributed by atoms with E-state index in [-0.39, 0.29) is 36.1 Å². The van der Waals surface area contributed by atoms with Crippen LogP contribution in [0.4, 0.5) is 8.78 Å². The zero-order chi connectivity index (χ0) is 18.2. The molecule has 8 heteroatoms. The summed E-state index contributed by atoms with van der Waals surface area (Å²) < 4.78 is 26.9. The monoisotopic (exact) mass is 474 g/mol. The predicted octanol–water partition coefficient (Wildman–Crippen LogP) is 2.94. The Morgan fingerprint density at radius 3 is 2.62 bits per heavy atom. The normalized spacial score (nSPS) is 10.8. The summed E-state index contributed by atoms with van der Waals surface area (Å²) in [5, 5.41) is 5.98. The van der Waals surface area contributed by atoms with E-state index in [2.05, 4.69) is 15.6 Å². The van der Waals surface area contributed by atoms with Crippen LogP contribution in [0, 0.1) is 11.6 Å². The molecule has 4 N–H and O–H groups in total. The molecule has 2 rings (SSSR count). The molecular weight excluding hydrogens is 453 g/mol. The van der Waals surface area contributed by atoms with E-state index in [4.69, 9.17) is 5.73 Å². The minimum absolute atomic E-state index is 0. The number of carbonyl (C=O) groups excluding carboxylic acids is 1. The maximum Gasteiger partial charge on any atom is 0.248 e. The van der Waals surface area contributed by atoms with E-state index in [1.165, 1.54) is 0 Å². The molecule has 0 aliphatic carbocycles. The van der Waals surface area contributed by atoms with E-state index in [1.54, 1.807) is 18.2 Å². The smallest absolute Gasteiger partial charge is 0.248 e. The summed E-state index contributed by atoms with van der Waals surface area (Å²) in [5.41, 5.74) is 6.69. The molecule has 0 saturated heterocycles. The van der Waals surface area contributed by atoms with Gasteiger partial charge in [-0.15, -0.1) is 24.0 Å². The molecule has 0 heterocycles. The minimum atomic E-state index is -0.502. The molecule has 140 valence electrons. The van der Waals surface area contributed by atoms with E-state index >= 15 is 0 Å². The lowest BCUT2D eigenvalue weighted by Gasteiger charge is -2.12. The Morgan fingerprint density at radius 1 is 1.15 bits per heavy atom. The van der Waals surface area contributed by atoms with Crippen molar-refractivity contribution in [3.05, 3.63) is 70.8 Å². The molecule has 0 atom stereocenters. The zero-order valence-electron chi connectivity index (χ0n) is 14.3. The maximum absolute atomic E-state index is 13.7. The molecule has 0 unspecified atom stereocenters. The van der Waals surface area contributed by atoms with Crippen LogP contribution < -0.4 is 16.4 Å². The highest BCUT2D eigenvalue weighted by Crippen LogP contribution is 2.09. The average molecular weight is 474 g/mol. The molecule has 0 aliphatic rings. The van der Waals surface area contributed by atoms with Gasteiger partial charge in [-0.1, -0.05) is 12.1 Å². The third-order valence-electron chi connectivity index (χ3n) is 3.43. The fraction of sp³-hybridized carbons (Fsp3) is 0.222. The van der Waals surface area contributed by atoms with E-state index in [1.807, 2.05) is 13.0 Å². The molecule has 0 bridgehead atoms. The second-order valence-corrected chi connectivity index (χ2v) is 5.35. The van der Waals surface area contributed by atoms with Crippen LogP contribution >= 0.6 is 24.0 Å². The molecule has 0 fully saturated rings. The van der Waals surface area contributed by atoms with Gasteiger partial charge in [0.1, 0.15) is 11.6 Å². The van der Waals surface area contributed by atoms with Crippen molar-refractivity contribution in [1.29, 1.82) is 0 Å². The van der Waals surface area contributed by atoms with Gasteiger partial charge < -0.3 is 16.4 Å². The second kappa shape index (κ2) is 10.7. The van der Waals surface area contributed by atoms with E-state index in [0.717, 1.165) is 23.8 Å². The number of aliphatic imine (C=N–C) groups is 1. The van der Waals surface area contributed by atoms with Crippen molar-refractivity contribution in [3.8, 4) is 0 Å². The molecule has 5 nitrogen and oxygen atoms in total. The highest BCUT2D eigenvalue weighted by Gasteiger charge is 2.06. The Bertz CT molecular complexity index is 784. The standard InChI is InChI=1S/C18H20F2N4O.HI/c1-2-22-18(24-11-14-9-15(19)6-7-16(14)20)23-10-12-4-3-5-13(8-12)17(21)25;/h3-9H,2,10-11H2,1H3,(H2,21,25)(H2,22,23,24);1H. The maximum atomic E-state index is 13.7. The number of nitrogens with one attached hydrogen (secondary N) is 2. The van der Waals surface area contributed by atoms with Crippen molar-refractivity contribution in [2.24, 2.45) is 10.7 Å². The number of carbonyl (C=O) groups is 1. The lowest BCUT2D eigenvalue weighted by molar-refractivity contribution is 0.1000. The van der Waals surface area contributed by atoms with Crippen molar-refractivity contribution < 1.29 is 13.6 Å². The number of nitrogens with two attached hydrogens (primary N) is 1. The molecule has 0 saturated carbocycles. The number of nitrogens with zero attached hydrogens (tertiary/aromatic N) is 1. The summed E-state index contributed by atoms with van der Waals surface area (Å²) in [6.07, 6.45) is 0. The van der Waals surface area contributed by atoms with Gasteiger partial charge in [0.2, 0.25) is 5.91 Å². The first kappa shape index (κ1) is 21.8. The summed E-state index contributed by atoms with van der Waals surface area (Å²) in [7, 11) is 0. The van der Waals surface area contributed by atoms with Gasteiger partial charge in [0, 0.05) is 24.2 Å². The fourth-order valence-corrected chi connectivity index (χ4v) is 2.19. The molecule has 26 heavy (non-hydrogen) atoms. The molecule has 0 radical (unpaired) electrons. The van der Waals surface area contributed by atoms with Gasteiger partial charge in [0.25, 0.3) is 0 Å². The van der Waals surface area contributed by atoms with Crippen LogP contribution in [0.5, 0.6) is 0 Å². The lowest BCUT2D eigenvalue weighted by atomic mass is 10.1. The van der Waals surface area contributed by atoms with E-state index < -0.39 is 17.5 Å². The highest BCUT2D eigenvalue weighted by molar-refractivity contribution is 14.0. The SMILES string of the molecule is CCNC(=NCc1cccc(C(N)=O)c1)NCc1cc(F)ccc1F.I. The first-order valence-electron chi connectivity index (χ1n) is 7.84. The summed E-state index contributed by atoms with van der Waals surface area (Å²) in [4.78, 5) is 15.6. The molecule has 1 amide bonds. The Hall–Kier alpha value is -2.23. The zero-order valence-corrected chi connectivity index (χ0v) is 16.6.